The molecule has 1 amide bonds. The van der Waals surface area contributed by atoms with Gasteiger partial charge in [0.2, 0.25) is 5.76 Å². The predicted octanol–water partition coefficient (Wildman–Crippen LogP) is 2.53. The Morgan fingerprint density at radius 2 is 2.48 bits per heavy atom. The van der Waals surface area contributed by atoms with Gasteiger partial charge < -0.3 is 14.2 Å². The lowest BCUT2D eigenvalue weighted by Gasteiger charge is -2.42. The molecule has 2 aliphatic heterocycles. The van der Waals surface area contributed by atoms with Gasteiger partial charge in [-0.3, -0.25) is 4.79 Å². The number of fused-ring (bicyclic) bond motifs is 1. The van der Waals surface area contributed by atoms with Gasteiger partial charge in [-0.15, -0.1) is 0 Å². The summed E-state index contributed by atoms with van der Waals surface area (Å²) >= 11 is 1.91. The molecule has 3 heterocycles. The monoisotopic (exact) mass is 310 g/mol. The topological polar surface area (TPSA) is 55.6 Å². The normalized spacial score (nSPS) is 27.2. The van der Waals surface area contributed by atoms with Crippen molar-refractivity contribution in [3.05, 3.63) is 17.5 Å². The van der Waals surface area contributed by atoms with Crippen molar-refractivity contribution < 1.29 is 14.1 Å². The third-order valence-electron chi connectivity index (χ3n) is 4.45. The van der Waals surface area contributed by atoms with Gasteiger partial charge in [0.1, 0.15) is 0 Å². The van der Waals surface area contributed by atoms with E-state index in [0.29, 0.717) is 16.9 Å². The van der Waals surface area contributed by atoms with Crippen molar-refractivity contribution in [1.82, 2.24) is 10.1 Å². The van der Waals surface area contributed by atoms with Gasteiger partial charge in [0.25, 0.3) is 5.91 Å². The molecule has 0 unspecified atom stereocenters. The molecular formula is C15H22N2O3S. The Morgan fingerprint density at radius 3 is 3.29 bits per heavy atom. The van der Waals surface area contributed by atoms with E-state index in [1.807, 2.05) is 22.7 Å². The van der Waals surface area contributed by atoms with Gasteiger partial charge >= 0.3 is 0 Å². The number of thioether (sulfide) groups is 1. The number of amides is 1. The first-order valence-corrected chi connectivity index (χ1v) is 8.72. The van der Waals surface area contributed by atoms with Gasteiger partial charge in [-0.1, -0.05) is 19.0 Å². The average Bonchev–Trinajstić information content (AvgIpc) is 3.03. The van der Waals surface area contributed by atoms with E-state index in [0.717, 1.165) is 44.0 Å². The molecule has 6 heteroatoms. The lowest BCUT2D eigenvalue weighted by molar-refractivity contribution is 0.0296. The van der Waals surface area contributed by atoms with E-state index in [4.69, 9.17) is 9.26 Å². The molecule has 2 fully saturated rings. The van der Waals surface area contributed by atoms with Crippen LogP contribution in [0.15, 0.2) is 10.6 Å². The third kappa shape index (κ3) is 2.97. The van der Waals surface area contributed by atoms with E-state index in [9.17, 15) is 4.79 Å². The Labute approximate surface area is 129 Å². The number of carbonyl (C=O) groups excluding carboxylic acids is 1. The highest BCUT2D eigenvalue weighted by Gasteiger charge is 2.38. The summed E-state index contributed by atoms with van der Waals surface area (Å²) in [6, 6.07) is 2.08. The van der Waals surface area contributed by atoms with Crippen LogP contribution in [0.1, 0.15) is 48.9 Å². The maximum Gasteiger partial charge on any atom is 0.292 e. The first-order chi connectivity index (χ1) is 10.2. The number of hydrogen-bond acceptors (Lipinski definition) is 5. The molecule has 5 nitrogen and oxygen atoms in total. The number of carbonyl (C=O) groups is 1. The lowest BCUT2D eigenvalue weighted by atomic mass is 10.0. The standard InChI is InChI=1S/C15H22N2O3S/c1-3-10(2)11-8-13(20-16-11)15(18)17-5-7-21-14-9-19-6-4-12(14)17/h8,10,12,14H,3-7,9H2,1-2H3/t10-,12+,14-/m0/s1. The molecule has 0 radical (unpaired) electrons. The van der Waals surface area contributed by atoms with E-state index >= 15 is 0 Å². The second-order valence-corrected chi connectivity index (χ2v) is 7.11. The largest absolute Gasteiger partial charge is 0.380 e. The van der Waals surface area contributed by atoms with Crippen molar-refractivity contribution in [3.63, 3.8) is 0 Å². The van der Waals surface area contributed by atoms with Gasteiger partial charge in [-0.05, 0) is 12.8 Å². The molecule has 3 atom stereocenters. The molecule has 0 spiro atoms. The average molecular weight is 310 g/mol. The minimum absolute atomic E-state index is 0.0192. The quantitative estimate of drug-likeness (QED) is 0.858. The number of rotatable bonds is 3. The van der Waals surface area contributed by atoms with E-state index in [1.165, 1.54) is 0 Å². The minimum Gasteiger partial charge on any atom is -0.380 e. The van der Waals surface area contributed by atoms with Crippen LogP contribution >= 0.6 is 11.8 Å². The van der Waals surface area contributed by atoms with E-state index < -0.39 is 0 Å². The van der Waals surface area contributed by atoms with Gasteiger partial charge in [-0.25, -0.2) is 0 Å². The first kappa shape index (κ1) is 14.9. The zero-order valence-electron chi connectivity index (χ0n) is 12.6. The number of ether oxygens (including phenoxy) is 1. The Balaban J connectivity index is 1.75. The number of aromatic nitrogens is 1. The highest BCUT2D eigenvalue weighted by atomic mass is 32.2. The summed E-state index contributed by atoms with van der Waals surface area (Å²) < 4.78 is 10.8. The Bertz CT molecular complexity index is 503. The molecule has 0 saturated carbocycles. The fourth-order valence-corrected chi connectivity index (χ4v) is 4.21. The van der Waals surface area contributed by atoms with Crippen LogP contribution in [-0.2, 0) is 4.74 Å². The van der Waals surface area contributed by atoms with Crippen LogP contribution in [0.3, 0.4) is 0 Å². The second kappa shape index (κ2) is 6.40. The maximum absolute atomic E-state index is 12.7. The van der Waals surface area contributed by atoms with Gasteiger partial charge in [0, 0.05) is 42.2 Å². The van der Waals surface area contributed by atoms with Gasteiger partial charge in [0.15, 0.2) is 0 Å². The Hall–Kier alpha value is -1.01. The van der Waals surface area contributed by atoms with Crippen LogP contribution < -0.4 is 0 Å². The molecule has 0 bridgehead atoms. The second-order valence-electron chi connectivity index (χ2n) is 5.76. The van der Waals surface area contributed by atoms with Crippen LogP contribution in [-0.4, -0.2) is 52.8 Å². The third-order valence-corrected chi connectivity index (χ3v) is 5.75. The molecule has 2 saturated heterocycles. The van der Waals surface area contributed by atoms with Crippen molar-refractivity contribution in [2.24, 2.45) is 0 Å². The fraction of sp³-hybridized carbons (Fsp3) is 0.733. The predicted molar refractivity (Wildman–Crippen MR) is 81.7 cm³/mol. The van der Waals surface area contributed by atoms with E-state index in [1.54, 1.807) is 0 Å². The Morgan fingerprint density at radius 1 is 1.62 bits per heavy atom. The fourth-order valence-electron chi connectivity index (χ4n) is 2.91. The highest BCUT2D eigenvalue weighted by molar-refractivity contribution is 8.00. The van der Waals surface area contributed by atoms with Gasteiger partial charge in [-0.2, -0.15) is 11.8 Å². The van der Waals surface area contributed by atoms with Crippen LogP contribution in [0.4, 0.5) is 0 Å². The van der Waals surface area contributed by atoms with Gasteiger partial charge in [0.05, 0.1) is 12.3 Å². The molecule has 116 valence electrons. The minimum atomic E-state index is -0.0192. The lowest BCUT2D eigenvalue weighted by Crippen LogP contribution is -2.54. The van der Waals surface area contributed by atoms with E-state index in [2.05, 4.69) is 19.0 Å². The molecule has 0 N–H and O–H groups in total. The van der Waals surface area contributed by atoms with E-state index in [-0.39, 0.29) is 11.9 Å². The zero-order chi connectivity index (χ0) is 14.8. The summed E-state index contributed by atoms with van der Waals surface area (Å²) in [7, 11) is 0. The number of hydrogen-bond donors (Lipinski definition) is 0. The molecule has 21 heavy (non-hydrogen) atoms. The summed E-state index contributed by atoms with van der Waals surface area (Å²) in [5.41, 5.74) is 0.871. The highest BCUT2D eigenvalue weighted by Crippen LogP contribution is 2.31. The summed E-state index contributed by atoms with van der Waals surface area (Å²) in [4.78, 5) is 14.7. The maximum atomic E-state index is 12.7. The first-order valence-electron chi connectivity index (χ1n) is 7.67. The number of nitrogens with zero attached hydrogens (tertiary/aromatic N) is 2. The summed E-state index contributed by atoms with van der Waals surface area (Å²) in [6.07, 6.45) is 1.90. The van der Waals surface area contributed by atoms with Crippen molar-refractivity contribution in [2.75, 3.05) is 25.5 Å². The summed E-state index contributed by atoms with van der Waals surface area (Å²) in [6.45, 7) is 6.46. The van der Waals surface area contributed by atoms with Crippen LogP contribution in [0, 0.1) is 0 Å². The summed E-state index contributed by atoms with van der Waals surface area (Å²) in [5, 5.41) is 4.45. The van der Waals surface area contributed by atoms with Crippen LogP contribution in [0.2, 0.25) is 0 Å². The SMILES string of the molecule is CC[C@H](C)c1cc(C(=O)N2CCS[C@H]3COCC[C@H]32)on1. The molecule has 0 aliphatic carbocycles. The molecule has 3 rings (SSSR count). The van der Waals surface area contributed by atoms with Crippen LogP contribution in [0.25, 0.3) is 0 Å². The smallest absolute Gasteiger partial charge is 0.292 e. The zero-order valence-corrected chi connectivity index (χ0v) is 13.4. The van der Waals surface area contributed by atoms with Crippen LogP contribution in [0.5, 0.6) is 0 Å². The molecule has 1 aromatic rings. The molecular weight excluding hydrogens is 288 g/mol. The molecule has 2 aliphatic rings. The van der Waals surface area contributed by atoms with Crippen molar-refractivity contribution in [1.29, 1.82) is 0 Å². The van der Waals surface area contributed by atoms with Crippen molar-refractivity contribution in [2.45, 2.75) is 43.9 Å². The molecule has 0 aromatic carbocycles. The molecule has 1 aromatic heterocycles. The van der Waals surface area contributed by atoms with Crippen molar-refractivity contribution in [3.8, 4) is 0 Å². The summed E-state index contributed by atoms with van der Waals surface area (Å²) in [5.74, 6) is 1.64. The van der Waals surface area contributed by atoms with Crippen molar-refractivity contribution >= 4 is 17.7 Å². The Kier molecular flexibility index (Phi) is 4.54.